The van der Waals surface area contributed by atoms with Crippen molar-refractivity contribution in [3.8, 4) is 11.5 Å². The molecule has 0 aliphatic heterocycles. The Balaban J connectivity index is 1.70. The highest BCUT2D eigenvalue weighted by Crippen LogP contribution is 2.27. The summed E-state index contributed by atoms with van der Waals surface area (Å²) in [7, 11) is 1.54. The van der Waals surface area contributed by atoms with Gasteiger partial charge in [0.1, 0.15) is 12.2 Å². The summed E-state index contributed by atoms with van der Waals surface area (Å²) in [5.41, 5.74) is 3.68. The molecule has 28 heavy (non-hydrogen) atoms. The topological polar surface area (TPSA) is 75.0 Å². The van der Waals surface area contributed by atoms with Crippen molar-refractivity contribution in [3.05, 3.63) is 69.1 Å². The molecule has 0 radical (unpaired) electrons. The van der Waals surface area contributed by atoms with Crippen molar-refractivity contribution in [2.45, 2.75) is 27.4 Å². The van der Waals surface area contributed by atoms with E-state index >= 15 is 0 Å². The Hall–Kier alpha value is -3.28. The van der Waals surface area contributed by atoms with Crippen LogP contribution in [-0.2, 0) is 16.1 Å². The number of carbonyl (C=O) groups is 1. The van der Waals surface area contributed by atoms with Gasteiger partial charge in [-0.3, -0.25) is 0 Å². The largest absolute Gasteiger partial charge is 0.493 e. The number of benzene rings is 2. The van der Waals surface area contributed by atoms with E-state index in [0.717, 1.165) is 22.1 Å². The zero-order chi connectivity index (χ0) is 20.3. The molecule has 0 spiro atoms. The Bertz CT molecular complexity index is 1080. The molecule has 2 aromatic carbocycles. The number of carbonyl (C=O) groups excluding carboxylic acids is 1. The van der Waals surface area contributed by atoms with E-state index in [0.29, 0.717) is 22.6 Å². The molecule has 0 N–H and O–H groups in total. The van der Waals surface area contributed by atoms with Gasteiger partial charge in [-0.05, 0) is 61.7 Å². The molecule has 0 atom stereocenters. The molecule has 0 bridgehead atoms. The fourth-order valence-electron chi connectivity index (χ4n) is 2.83. The first-order valence-electron chi connectivity index (χ1n) is 8.84. The van der Waals surface area contributed by atoms with Crippen molar-refractivity contribution in [1.29, 1.82) is 0 Å². The van der Waals surface area contributed by atoms with Crippen LogP contribution in [0.1, 0.15) is 22.3 Å². The molecule has 1 heterocycles. The number of methoxy groups -OCH3 is 1. The molecule has 146 valence electrons. The maximum atomic E-state index is 12.1. The summed E-state index contributed by atoms with van der Waals surface area (Å²) in [5.74, 6) is 0.458. The van der Waals surface area contributed by atoms with E-state index in [2.05, 4.69) is 0 Å². The lowest BCUT2D eigenvalue weighted by Gasteiger charge is -2.12. The van der Waals surface area contributed by atoms with E-state index in [4.69, 9.17) is 18.6 Å². The summed E-state index contributed by atoms with van der Waals surface area (Å²) in [4.78, 5) is 23.9. The first-order valence-corrected chi connectivity index (χ1v) is 8.84. The highest BCUT2D eigenvalue weighted by Gasteiger charge is 2.12. The Kier molecular flexibility index (Phi) is 5.68. The number of ether oxygens (including phenoxy) is 3. The van der Waals surface area contributed by atoms with E-state index in [1.807, 2.05) is 45.0 Å². The highest BCUT2D eigenvalue weighted by atomic mass is 16.6. The number of rotatable bonds is 6. The number of fused-ring (bicyclic) bond motifs is 1. The fraction of sp³-hybridized carbons (Fsp3) is 0.273. The van der Waals surface area contributed by atoms with E-state index in [1.165, 1.54) is 13.2 Å². The Morgan fingerprint density at radius 1 is 1.00 bits per heavy atom. The molecule has 1 aromatic heterocycles. The van der Waals surface area contributed by atoms with Crippen LogP contribution in [0.25, 0.3) is 11.0 Å². The van der Waals surface area contributed by atoms with Crippen molar-refractivity contribution in [1.82, 2.24) is 0 Å². The lowest BCUT2D eigenvalue weighted by Crippen LogP contribution is -2.15. The highest BCUT2D eigenvalue weighted by molar-refractivity contribution is 5.82. The number of esters is 1. The summed E-state index contributed by atoms with van der Waals surface area (Å²) in [6.07, 6.45) is 0. The summed E-state index contributed by atoms with van der Waals surface area (Å²) < 4.78 is 21.3. The SMILES string of the molecule is COc1cc(C)ccc1OCC(=O)OCc1cc(=O)oc2cc(C)c(C)cc12. The summed E-state index contributed by atoms with van der Waals surface area (Å²) in [6.45, 7) is 5.54. The molecule has 6 nitrogen and oxygen atoms in total. The third-order valence-electron chi connectivity index (χ3n) is 4.50. The Morgan fingerprint density at radius 2 is 1.75 bits per heavy atom. The van der Waals surface area contributed by atoms with Gasteiger partial charge in [0, 0.05) is 17.0 Å². The first kappa shape index (κ1) is 19.5. The summed E-state index contributed by atoms with van der Waals surface area (Å²) in [5, 5.41) is 0.747. The molecular weight excluding hydrogens is 360 g/mol. The zero-order valence-electron chi connectivity index (χ0n) is 16.3. The van der Waals surface area contributed by atoms with Crippen molar-refractivity contribution >= 4 is 16.9 Å². The minimum atomic E-state index is -0.548. The van der Waals surface area contributed by atoms with Crippen LogP contribution in [-0.4, -0.2) is 19.7 Å². The van der Waals surface area contributed by atoms with E-state index in [9.17, 15) is 9.59 Å². The van der Waals surface area contributed by atoms with E-state index in [1.54, 1.807) is 6.07 Å². The van der Waals surface area contributed by atoms with E-state index in [-0.39, 0.29) is 13.2 Å². The van der Waals surface area contributed by atoms with Crippen LogP contribution in [0.15, 0.2) is 45.6 Å². The number of hydrogen-bond acceptors (Lipinski definition) is 6. The minimum Gasteiger partial charge on any atom is -0.493 e. The lowest BCUT2D eigenvalue weighted by molar-refractivity contribution is -0.147. The molecule has 6 heteroatoms. The molecule has 0 aliphatic rings. The molecule has 3 aromatic rings. The zero-order valence-corrected chi connectivity index (χ0v) is 16.3. The average molecular weight is 382 g/mol. The second-order valence-corrected chi connectivity index (χ2v) is 6.63. The minimum absolute atomic E-state index is 0.0438. The molecule has 3 rings (SSSR count). The second-order valence-electron chi connectivity index (χ2n) is 6.63. The van der Waals surface area contributed by atoms with Crippen molar-refractivity contribution < 1.29 is 23.4 Å². The van der Waals surface area contributed by atoms with Crippen LogP contribution in [0.5, 0.6) is 11.5 Å². The van der Waals surface area contributed by atoms with Gasteiger partial charge in [-0.25, -0.2) is 9.59 Å². The van der Waals surface area contributed by atoms with Crippen molar-refractivity contribution in [2.24, 2.45) is 0 Å². The lowest BCUT2D eigenvalue weighted by atomic mass is 10.0. The van der Waals surface area contributed by atoms with Crippen molar-refractivity contribution in [2.75, 3.05) is 13.7 Å². The van der Waals surface area contributed by atoms with Gasteiger partial charge in [-0.15, -0.1) is 0 Å². The third-order valence-corrected chi connectivity index (χ3v) is 4.50. The smallest absolute Gasteiger partial charge is 0.344 e. The van der Waals surface area contributed by atoms with Gasteiger partial charge in [-0.1, -0.05) is 6.07 Å². The van der Waals surface area contributed by atoms with Gasteiger partial charge in [0.05, 0.1) is 7.11 Å². The molecule has 0 aliphatic carbocycles. The molecule has 0 saturated carbocycles. The number of aryl methyl sites for hydroxylation is 3. The van der Waals surface area contributed by atoms with Gasteiger partial charge in [0.15, 0.2) is 18.1 Å². The number of hydrogen-bond donors (Lipinski definition) is 0. The predicted octanol–water partition coefficient (Wildman–Crippen LogP) is 3.85. The molecule has 0 saturated heterocycles. The van der Waals surface area contributed by atoms with Gasteiger partial charge < -0.3 is 18.6 Å². The Morgan fingerprint density at radius 3 is 2.50 bits per heavy atom. The maximum absolute atomic E-state index is 12.1. The van der Waals surface area contributed by atoms with Gasteiger partial charge in [-0.2, -0.15) is 0 Å². The molecule has 0 fully saturated rings. The van der Waals surface area contributed by atoms with E-state index < -0.39 is 11.6 Å². The fourth-order valence-corrected chi connectivity index (χ4v) is 2.83. The molecule has 0 amide bonds. The van der Waals surface area contributed by atoms with Crippen LogP contribution in [0.4, 0.5) is 0 Å². The van der Waals surface area contributed by atoms with Crippen molar-refractivity contribution in [3.63, 3.8) is 0 Å². The molecular formula is C22H22O6. The third kappa shape index (κ3) is 4.34. The molecule has 0 unspecified atom stereocenters. The first-order chi connectivity index (χ1) is 13.4. The Labute approximate surface area is 162 Å². The summed E-state index contributed by atoms with van der Waals surface area (Å²) >= 11 is 0. The quantitative estimate of drug-likeness (QED) is 0.476. The predicted molar refractivity (Wildman–Crippen MR) is 105 cm³/mol. The van der Waals surface area contributed by atoms with Crippen LogP contribution >= 0.6 is 0 Å². The van der Waals surface area contributed by atoms with Gasteiger partial charge in [0.25, 0.3) is 0 Å². The monoisotopic (exact) mass is 382 g/mol. The second kappa shape index (κ2) is 8.17. The van der Waals surface area contributed by atoms with Gasteiger partial charge >= 0.3 is 11.6 Å². The van der Waals surface area contributed by atoms with Crippen LogP contribution in [0.3, 0.4) is 0 Å². The maximum Gasteiger partial charge on any atom is 0.344 e. The van der Waals surface area contributed by atoms with Gasteiger partial charge in [0.2, 0.25) is 0 Å². The standard InChI is InChI=1S/C22H22O6/c1-13-5-6-18(20(7-13)25-4)26-12-22(24)27-11-16-10-21(23)28-19-9-15(3)14(2)8-17(16)19/h5-10H,11-12H2,1-4H3. The summed E-state index contributed by atoms with van der Waals surface area (Å²) in [6, 6.07) is 10.5. The normalized spacial score (nSPS) is 10.7. The van der Waals surface area contributed by atoms with Crippen LogP contribution in [0.2, 0.25) is 0 Å². The van der Waals surface area contributed by atoms with Crippen LogP contribution < -0.4 is 15.1 Å². The van der Waals surface area contributed by atoms with Crippen LogP contribution in [0, 0.1) is 20.8 Å². The average Bonchev–Trinajstić information content (AvgIpc) is 2.66.